The van der Waals surface area contributed by atoms with Crippen molar-refractivity contribution in [3.63, 3.8) is 0 Å². The van der Waals surface area contributed by atoms with Crippen LogP contribution in [0.4, 0.5) is 5.69 Å². The maximum atomic E-state index is 13.0. The monoisotopic (exact) mass is 426 g/mol. The second-order valence-electron chi connectivity index (χ2n) is 9.70. The summed E-state index contributed by atoms with van der Waals surface area (Å²) in [5, 5.41) is 3.07. The number of piperidine rings is 1. The summed E-state index contributed by atoms with van der Waals surface area (Å²) in [4.78, 5) is 32.2. The number of carbonyl (C=O) groups is 2. The molecule has 0 bridgehead atoms. The van der Waals surface area contributed by atoms with E-state index in [0.29, 0.717) is 19.1 Å². The van der Waals surface area contributed by atoms with Crippen LogP contribution in [0.25, 0.3) is 0 Å². The molecule has 4 rings (SSSR count). The molecule has 1 aliphatic carbocycles. The van der Waals surface area contributed by atoms with Gasteiger partial charge in [0, 0.05) is 37.9 Å². The average molecular weight is 427 g/mol. The Kier molecular flexibility index (Phi) is 7.28. The fourth-order valence-corrected chi connectivity index (χ4v) is 5.75. The molecular weight excluding hydrogens is 388 g/mol. The van der Waals surface area contributed by atoms with Crippen molar-refractivity contribution in [1.29, 1.82) is 0 Å². The summed E-state index contributed by atoms with van der Waals surface area (Å²) in [5.74, 6) is 1.10. The van der Waals surface area contributed by atoms with Crippen LogP contribution in [0.15, 0.2) is 18.2 Å². The number of nitrogens with one attached hydrogen (secondary N) is 1. The van der Waals surface area contributed by atoms with Crippen molar-refractivity contribution < 1.29 is 9.59 Å². The van der Waals surface area contributed by atoms with Gasteiger partial charge in [0.15, 0.2) is 0 Å². The number of hydrogen-bond acceptors (Lipinski definition) is 4. The van der Waals surface area contributed by atoms with Gasteiger partial charge in [-0.2, -0.15) is 0 Å². The third kappa shape index (κ3) is 5.47. The first-order valence-corrected chi connectivity index (χ1v) is 12.1. The van der Waals surface area contributed by atoms with E-state index in [2.05, 4.69) is 15.1 Å². The van der Waals surface area contributed by atoms with E-state index in [4.69, 9.17) is 0 Å². The summed E-state index contributed by atoms with van der Waals surface area (Å²) in [6.45, 7) is 9.03. The highest BCUT2D eigenvalue weighted by atomic mass is 16.2. The molecule has 6 heteroatoms. The molecule has 3 aliphatic rings. The molecule has 31 heavy (non-hydrogen) atoms. The predicted molar refractivity (Wildman–Crippen MR) is 124 cm³/mol. The van der Waals surface area contributed by atoms with Gasteiger partial charge < -0.3 is 10.2 Å². The lowest BCUT2D eigenvalue weighted by Gasteiger charge is -2.44. The van der Waals surface area contributed by atoms with E-state index < -0.39 is 0 Å². The Morgan fingerprint density at radius 3 is 2.32 bits per heavy atom. The van der Waals surface area contributed by atoms with E-state index in [9.17, 15) is 9.59 Å². The quantitative estimate of drug-likeness (QED) is 0.786. The highest BCUT2D eigenvalue weighted by Gasteiger charge is 2.35. The lowest BCUT2D eigenvalue weighted by Crippen LogP contribution is -2.55. The van der Waals surface area contributed by atoms with Gasteiger partial charge in [0.25, 0.3) is 0 Å². The lowest BCUT2D eigenvalue weighted by atomic mass is 9.78. The van der Waals surface area contributed by atoms with Gasteiger partial charge in [-0.1, -0.05) is 31.0 Å². The van der Waals surface area contributed by atoms with Crippen LogP contribution in [0.1, 0.15) is 49.7 Å². The topological polar surface area (TPSA) is 55.9 Å². The first kappa shape index (κ1) is 22.3. The molecule has 1 aromatic carbocycles. The zero-order valence-corrected chi connectivity index (χ0v) is 19.2. The standard InChI is InChI=1S/C25H38N4O2/c1-19-7-5-8-20(2)25(19)26-23(30)17-27-13-15-28(16-14-27)24(31)18-29-12-6-10-21-9-3-4-11-22(21)29/h5,7-8,21-22H,3-4,6,9-18H2,1-2H3,(H,26,30). The second-order valence-corrected chi connectivity index (χ2v) is 9.70. The number of fused-ring (bicyclic) bond motifs is 1. The lowest BCUT2D eigenvalue weighted by molar-refractivity contribution is -0.136. The molecule has 2 heterocycles. The van der Waals surface area contributed by atoms with Gasteiger partial charge in [0.2, 0.25) is 11.8 Å². The number of para-hydroxylation sites is 1. The van der Waals surface area contributed by atoms with Gasteiger partial charge in [0.05, 0.1) is 13.1 Å². The highest BCUT2D eigenvalue weighted by Crippen LogP contribution is 2.35. The summed E-state index contributed by atoms with van der Waals surface area (Å²) >= 11 is 0. The minimum atomic E-state index is 0.0221. The molecular formula is C25H38N4O2. The molecule has 0 radical (unpaired) electrons. The fraction of sp³-hybridized carbons (Fsp3) is 0.680. The van der Waals surface area contributed by atoms with Gasteiger partial charge >= 0.3 is 0 Å². The maximum Gasteiger partial charge on any atom is 0.238 e. The Balaban J connectivity index is 1.23. The number of benzene rings is 1. The van der Waals surface area contributed by atoms with Gasteiger partial charge in [-0.05, 0) is 63.1 Å². The number of rotatable bonds is 5. The van der Waals surface area contributed by atoms with Crippen LogP contribution in [-0.4, -0.2) is 78.4 Å². The van der Waals surface area contributed by atoms with E-state index >= 15 is 0 Å². The highest BCUT2D eigenvalue weighted by molar-refractivity contribution is 5.93. The molecule has 3 fully saturated rings. The van der Waals surface area contributed by atoms with Crippen molar-refractivity contribution in [2.75, 3.05) is 51.1 Å². The van der Waals surface area contributed by atoms with E-state index in [1.54, 1.807) is 0 Å². The molecule has 2 saturated heterocycles. The van der Waals surface area contributed by atoms with Crippen molar-refractivity contribution in [3.05, 3.63) is 29.3 Å². The largest absolute Gasteiger partial charge is 0.339 e. The van der Waals surface area contributed by atoms with Crippen molar-refractivity contribution in [3.8, 4) is 0 Å². The molecule has 0 spiro atoms. The molecule has 2 unspecified atom stereocenters. The van der Waals surface area contributed by atoms with E-state index in [1.807, 2.05) is 36.9 Å². The average Bonchev–Trinajstić information content (AvgIpc) is 2.77. The number of anilines is 1. The minimum Gasteiger partial charge on any atom is -0.339 e. The zero-order valence-electron chi connectivity index (χ0n) is 19.2. The second kappa shape index (κ2) is 10.1. The first-order valence-electron chi connectivity index (χ1n) is 12.1. The molecule has 0 aromatic heterocycles. The van der Waals surface area contributed by atoms with E-state index in [1.165, 1.54) is 38.5 Å². The van der Waals surface area contributed by atoms with Crippen LogP contribution < -0.4 is 5.32 Å². The Morgan fingerprint density at radius 1 is 0.903 bits per heavy atom. The van der Waals surface area contributed by atoms with Crippen molar-refractivity contribution in [1.82, 2.24) is 14.7 Å². The molecule has 170 valence electrons. The number of piperazine rings is 1. The normalized spacial score (nSPS) is 25.2. The molecule has 6 nitrogen and oxygen atoms in total. The molecule has 2 aliphatic heterocycles. The van der Waals surface area contributed by atoms with Crippen LogP contribution in [0.2, 0.25) is 0 Å². The Morgan fingerprint density at radius 2 is 1.58 bits per heavy atom. The van der Waals surface area contributed by atoms with Crippen LogP contribution in [0.3, 0.4) is 0 Å². The number of hydrogen-bond donors (Lipinski definition) is 1. The van der Waals surface area contributed by atoms with E-state index in [-0.39, 0.29) is 11.8 Å². The third-order valence-corrected chi connectivity index (χ3v) is 7.53. The summed E-state index contributed by atoms with van der Waals surface area (Å²) in [6.07, 6.45) is 7.87. The van der Waals surface area contributed by atoms with Gasteiger partial charge in [0.1, 0.15) is 0 Å². The van der Waals surface area contributed by atoms with Crippen molar-refractivity contribution >= 4 is 17.5 Å². The van der Waals surface area contributed by atoms with E-state index in [0.717, 1.165) is 55.5 Å². The Labute approximate surface area is 187 Å². The third-order valence-electron chi connectivity index (χ3n) is 7.53. The van der Waals surface area contributed by atoms with Crippen LogP contribution in [0.5, 0.6) is 0 Å². The number of likely N-dealkylation sites (tertiary alicyclic amines) is 1. The fourth-order valence-electron chi connectivity index (χ4n) is 5.75. The molecule has 1 saturated carbocycles. The Hall–Kier alpha value is -1.92. The number of aryl methyl sites for hydroxylation is 2. The van der Waals surface area contributed by atoms with Crippen LogP contribution in [0, 0.1) is 19.8 Å². The summed E-state index contributed by atoms with van der Waals surface area (Å²) < 4.78 is 0. The SMILES string of the molecule is Cc1cccc(C)c1NC(=O)CN1CCN(C(=O)CN2CCCC3CCCCC32)CC1. The van der Waals surface area contributed by atoms with Crippen LogP contribution >= 0.6 is 0 Å². The summed E-state index contributed by atoms with van der Waals surface area (Å²) in [5.41, 5.74) is 3.09. The van der Waals surface area contributed by atoms with Gasteiger partial charge in [-0.15, -0.1) is 0 Å². The first-order chi connectivity index (χ1) is 15.0. The Bertz CT molecular complexity index is 765. The number of carbonyl (C=O) groups excluding carboxylic acids is 2. The summed E-state index contributed by atoms with van der Waals surface area (Å²) in [7, 11) is 0. The van der Waals surface area contributed by atoms with Gasteiger partial charge in [-0.3, -0.25) is 19.4 Å². The molecule has 2 atom stereocenters. The molecule has 1 N–H and O–H groups in total. The maximum absolute atomic E-state index is 13.0. The minimum absolute atomic E-state index is 0.0221. The van der Waals surface area contributed by atoms with Gasteiger partial charge in [-0.25, -0.2) is 0 Å². The smallest absolute Gasteiger partial charge is 0.238 e. The predicted octanol–water partition coefficient (Wildman–Crippen LogP) is 3.04. The molecule has 2 amide bonds. The molecule has 1 aromatic rings. The number of amides is 2. The number of nitrogens with zero attached hydrogens (tertiary/aromatic N) is 3. The van der Waals surface area contributed by atoms with Crippen molar-refractivity contribution in [2.45, 2.75) is 58.4 Å². The zero-order chi connectivity index (χ0) is 21.8. The summed E-state index contributed by atoms with van der Waals surface area (Å²) in [6, 6.07) is 6.67. The van der Waals surface area contributed by atoms with Crippen molar-refractivity contribution in [2.24, 2.45) is 5.92 Å². The van der Waals surface area contributed by atoms with Crippen LogP contribution in [-0.2, 0) is 9.59 Å².